The molecule has 2 rings (SSSR count). The predicted octanol–water partition coefficient (Wildman–Crippen LogP) is 1.97. The first-order valence-electron chi connectivity index (χ1n) is 6.52. The molecule has 0 aliphatic rings. The van der Waals surface area contributed by atoms with Gasteiger partial charge in [0.2, 0.25) is 5.91 Å². The van der Waals surface area contributed by atoms with E-state index in [1.165, 1.54) is 14.0 Å². The molecule has 0 spiro atoms. The fraction of sp³-hybridized carbons (Fsp3) is 0.286. The number of aromatic nitrogens is 2. The lowest BCUT2D eigenvalue weighted by Gasteiger charge is -2.07. The smallest absolute Gasteiger partial charge is 0.322 e. The molecular formula is C14H15N3O5S. The van der Waals surface area contributed by atoms with E-state index in [2.05, 4.69) is 15.5 Å². The molecule has 9 heteroatoms. The second-order valence-electron chi connectivity index (χ2n) is 4.31. The van der Waals surface area contributed by atoms with E-state index in [9.17, 15) is 9.59 Å². The molecule has 0 bridgehead atoms. The van der Waals surface area contributed by atoms with Gasteiger partial charge < -0.3 is 13.9 Å². The number of hydrogen-bond acceptors (Lipinski definition) is 8. The third kappa shape index (κ3) is 4.46. The van der Waals surface area contributed by atoms with E-state index in [1.807, 2.05) is 0 Å². The van der Waals surface area contributed by atoms with Crippen molar-refractivity contribution in [1.82, 2.24) is 10.2 Å². The second kappa shape index (κ2) is 7.63. The Morgan fingerprint density at radius 2 is 2.04 bits per heavy atom. The van der Waals surface area contributed by atoms with Gasteiger partial charge in [0.25, 0.3) is 5.89 Å². The molecule has 1 heterocycles. The van der Waals surface area contributed by atoms with Crippen molar-refractivity contribution in [2.45, 2.75) is 6.92 Å². The Bertz CT molecular complexity index is 716. The van der Waals surface area contributed by atoms with Gasteiger partial charge in [-0.15, -0.1) is 5.10 Å². The van der Waals surface area contributed by atoms with Gasteiger partial charge in [0.05, 0.1) is 25.5 Å². The molecule has 1 aromatic heterocycles. The summed E-state index contributed by atoms with van der Waals surface area (Å²) in [6.07, 6.45) is 0. The molecule has 23 heavy (non-hydrogen) atoms. The minimum absolute atomic E-state index is 0.0150. The number of nitrogens with one attached hydrogen (secondary N) is 1. The highest BCUT2D eigenvalue weighted by Crippen LogP contribution is 2.32. The summed E-state index contributed by atoms with van der Waals surface area (Å²) in [6, 6.07) is 5.07. The molecule has 0 fully saturated rings. The van der Waals surface area contributed by atoms with Crippen LogP contribution in [0.4, 0.5) is 6.01 Å². The molecule has 1 amide bonds. The molecule has 0 aliphatic heterocycles. The lowest BCUT2D eigenvalue weighted by atomic mass is 10.2. The third-order valence-corrected chi connectivity index (χ3v) is 3.53. The zero-order valence-corrected chi connectivity index (χ0v) is 13.6. The van der Waals surface area contributed by atoms with Crippen molar-refractivity contribution in [3.05, 3.63) is 18.2 Å². The summed E-state index contributed by atoms with van der Waals surface area (Å²) in [5.41, 5.74) is 0.569. The van der Waals surface area contributed by atoms with Crippen LogP contribution in [0.5, 0.6) is 11.5 Å². The van der Waals surface area contributed by atoms with Gasteiger partial charge in [-0.2, -0.15) is 0 Å². The van der Waals surface area contributed by atoms with Crippen LogP contribution in [0.1, 0.15) is 6.92 Å². The SMILES string of the molecule is COc1ccc(-c2nnc(NC(=O)CSC(C)=O)o2)c(OC)c1. The number of thioether (sulfide) groups is 1. The molecule has 122 valence electrons. The second-order valence-corrected chi connectivity index (χ2v) is 5.46. The van der Waals surface area contributed by atoms with Crippen LogP contribution in [0.25, 0.3) is 11.5 Å². The zero-order valence-electron chi connectivity index (χ0n) is 12.8. The highest BCUT2D eigenvalue weighted by atomic mass is 32.2. The van der Waals surface area contributed by atoms with Crippen LogP contribution in [-0.4, -0.2) is 41.2 Å². The van der Waals surface area contributed by atoms with E-state index in [-0.39, 0.29) is 22.8 Å². The normalized spacial score (nSPS) is 10.2. The van der Waals surface area contributed by atoms with Crippen molar-refractivity contribution < 1.29 is 23.5 Å². The fourth-order valence-electron chi connectivity index (χ4n) is 1.68. The fourth-order valence-corrected chi connectivity index (χ4v) is 2.09. The van der Waals surface area contributed by atoms with Gasteiger partial charge in [-0.3, -0.25) is 14.9 Å². The topological polar surface area (TPSA) is 104 Å². The highest BCUT2D eigenvalue weighted by Gasteiger charge is 2.16. The molecule has 0 unspecified atom stereocenters. The number of amides is 1. The average Bonchev–Trinajstić information content (AvgIpc) is 3.00. The molecular weight excluding hydrogens is 322 g/mol. The molecule has 0 saturated heterocycles. The molecule has 2 aromatic rings. The number of anilines is 1. The van der Waals surface area contributed by atoms with Crippen LogP contribution in [-0.2, 0) is 9.59 Å². The Morgan fingerprint density at radius 3 is 2.70 bits per heavy atom. The van der Waals surface area contributed by atoms with Crippen LogP contribution in [0.2, 0.25) is 0 Å². The summed E-state index contributed by atoms with van der Waals surface area (Å²) in [5.74, 6) is 0.901. The van der Waals surface area contributed by atoms with Crippen LogP contribution in [0, 0.1) is 0 Å². The molecule has 0 aliphatic carbocycles. The quantitative estimate of drug-likeness (QED) is 0.853. The van der Waals surface area contributed by atoms with Gasteiger partial charge in [-0.05, 0) is 12.1 Å². The van der Waals surface area contributed by atoms with Crippen molar-refractivity contribution in [2.24, 2.45) is 0 Å². The first kappa shape index (κ1) is 16.8. The Hall–Kier alpha value is -2.55. The number of carbonyl (C=O) groups excluding carboxylic acids is 2. The zero-order chi connectivity index (χ0) is 16.8. The number of carbonyl (C=O) groups is 2. The lowest BCUT2D eigenvalue weighted by molar-refractivity contribution is -0.114. The van der Waals surface area contributed by atoms with Crippen molar-refractivity contribution >= 4 is 28.8 Å². The van der Waals surface area contributed by atoms with Crippen molar-refractivity contribution in [3.8, 4) is 23.0 Å². The summed E-state index contributed by atoms with van der Waals surface area (Å²) < 4.78 is 15.8. The summed E-state index contributed by atoms with van der Waals surface area (Å²) in [4.78, 5) is 22.4. The Balaban J connectivity index is 2.13. The minimum atomic E-state index is -0.401. The van der Waals surface area contributed by atoms with Crippen LogP contribution in [0.3, 0.4) is 0 Å². The Labute approximate surface area is 136 Å². The average molecular weight is 337 g/mol. The number of benzene rings is 1. The van der Waals surface area contributed by atoms with Gasteiger partial charge in [0.1, 0.15) is 11.5 Å². The molecule has 1 aromatic carbocycles. The number of ether oxygens (including phenoxy) is 2. The summed E-state index contributed by atoms with van der Waals surface area (Å²) >= 11 is 0.897. The van der Waals surface area contributed by atoms with Crippen molar-refractivity contribution in [2.75, 3.05) is 25.3 Å². The van der Waals surface area contributed by atoms with E-state index in [0.29, 0.717) is 17.1 Å². The maximum atomic E-state index is 11.6. The monoisotopic (exact) mass is 337 g/mol. The largest absolute Gasteiger partial charge is 0.497 e. The van der Waals surface area contributed by atoms with Gasteiger partial charge >= 0.3 is 6.01 Å². The molecule has 8 nitrogen and oxygen atoms in total. The number of methoxy groups -OCH3 is 2. The summed E-state index contributed by atoms with van der Waals surface area (Å²) in [7, 11) is 3.06. The first-order chi connectivity index (χ1) is 11.0. The number of nitrogens with zero attached hydrogens (tertiary/aromatic N) is 2. The predicted molar refractivity (Wildman–Crippen MR) is 84.6 cm³/mol. The molecule has 0 radical (unpaired) electrons. The maximum absolute atomic E-state index is 11.6. The Morgan fingerprint density at radius 1 is 1.26 bits per heavy atom. The third-order valence-electron chi connectivity index (χ3n) is 2.72. The van der Waals surface area contributed by atoms with E-state index in [4.69, 9.17) is 13.9 Å². The van der Waals surface area contributed by atoms with E-state index in [0.717, 1.165) is 11.8 Å². The first-order valence-corrected chi connectivity index (χ1v) is 7.51. The Kier molecular flexibility index (Phi) is 5.58. The van der Waals surface area contributed by atoms with Crippen molar-refractivity contribution in [1.29, 1.82) is 0 Å². The summed E-state index contributed by atoms with van der Waals surface area (Å²) in [6.45, 7) is 1.39. The van der Waals surface area contributed by atoms with E-state index < -0.39 is 5.91 Å². The van der Waals surface area contributed by atoms with E-state index >= 15 is 0 Å². The maximum Gasteiger partial charge on any atom is 0.322 e. The summed E-state index contributed by atoms with van der Waals surface area (Å²) in [5, 5.41) is 9.91. The van der Waals surface area contributed by atoms with E-state index in [1.54, 1.807) is 25.3 Å². The molecule has 0 saturated carbocycles. The molecule has 1 N–H and O–H groups in total. The van der Waals surface area contributed by atoms with Gasteiger partial charge in [0, 0.05) is 13.0 Å². The standard InChI is InChI=1S/C14H15N3O5S/c1-8(18)23-7-12(19)15-14-17-16-13(22-14)10-5-4-9(20-2)6-11(10)21-3/h4-6H,7H2,1-3H3,(H,15,17,19). The van der Waals surface area contributed by atoms with Crippen LogP contribution < -0.4 is 14.8 Å². The van der Waals surface area contributed by atoms with Crippen LogP contribution >= 0.6 is 11.8 Å². The number of hydrogen-bond donors (Lipinski definition) is 1. The van der Waals surface area contributed by atoms with Gasteiger partial charge in [-0.1, -0.05) is 16.9 Å². The van der Waals surface area contributed by atoms with Crippen molar-refractivity contribution in [3.63, 3.8) is 0 Å². The minimum Gasteiger partial charge on any atom is -0.497 e. The number of rotatable bonds is 6. The van der Waals surface area contributed by atoms with Gasteiger partial charge in [-0.25, -0.2) is 0 Å². The van der Waals surface area contributed by atoms with Gasteiger partial charge in [0.15, 0.2) is 5.12 Å². The van der Waals surface area contributed by atoms with Crippen LogP contribution in [0.15, 0.2) is 22.6 Å². The lowest BCUT2D eigenvalue weighted by Crippen LogP contribution is -2.15. The highest BCUT2D eigenvalue weighted by molar-refractivity contribution is 8.14. The molecule has 0 atom stereocenters.